The molecule has 2 N–H and O–H groups in total. The number of rotatable bonds is 1. The summed E-state index contributed by atoms with van der Waals surface area (Å²) >= 11 is 0. The van der Waals surface area contributed by atoms with Crippen molar-refractivity contribution >= 4 is 11.6 Å². The number of nitrogens with one attached hydrogen (secondary N) is 2. The van der Waals surface area contributed by atoms with Gasteiger partial charge in [0.2, 0.25) is 0 Å². The lowest BCUT2D eigenvalue weighted by atomic mass is 9.68. The van der Waals surface area contributed by atoms with E-state index in [-0.39, 0.29) is 17.1 Å². The number of hydrogen-bond acceptors (Lipinski definition) is 3. The maximum absolute atomic E-state index is 13.1. The molecular formula is C20H23N3O. The minimum Gasteiger partial charge on any atom is -0.342 e. The van der Waals surface area contributed by atoms with E-state index in [1.165, 1.54) is 11.1 Å². The van der Waals surface area contributed by atoms with Crippen molar-refractivity contribution in [2.24, 2.45) is 5.41 Å². The number of anilines is 1. The van der Waals surface area contributed by atoms with Crippen LogP contribution < -0.4 is 5.32 Å². The fraction of sp³-hybridized carbons (Fsp3) is 0.400. The van der Waals surface area contributed by atoms with Crippen LogP contribution in [0.4, 0.5) is 5.82 Å². The highest BCUT2D eigenvalue weighted by atomic mass is 16.1. The van der Waals surface area contributed by atoms with Crippen molar-refractivity contribution in [3.63, 3.8) is 0 Å². The molecule has 2 aliphatic rings. The normalized spacial score (nSPS) is 22.0. The molecule has 0 bridgehead atoms. The van der Waals surface area contributed by atoms with E-state index in [9.17, 15) is 4.79 Å². The summed E-state index contributed by atoms with van der Waals surface area (Å²) in [7, 11) is 0. The van der Waals surface area contributed by atoms with E-state index in [1.54, 1.807) is 0 Å². The third kappa shape index (κ3) is 2.20. The van der Waals surface area contributed by atoms with Gasteiger partial charge in [0.05, 0.1) is 0 Å². The van der Waals surface area contributed by atoms with Crippen LogP contribution in [-0.2, 0) is 4.79 Å². The van der Waals surface area contributed by atoms with Crippen molar-refractivity contribution in [2.75, 3.05) is 5.32 Å². The Morgan fingerprint density at radius 2 is 1.92 bits per heavy atom. The van der Waals surface area contributed by atoms with Crippen LogP contribution in [-0.4, -0.2) is 16.0 Å². The van der Waals surface area contributed by atoms with Gasteiger partial charge in [0.15, 0.2) is 11.6 Å². The van der Waals surface area contributed by atoms with E-state index in [4.69, 9.17) is 0 Å². The summed E-state index contributed by atoms with van der Waals surface area (Å²) in [5.41, 5.74) is 6.50. The monoisotopic (exact) mass is 321 g/mol. The van der Waals surface area contributed by atoms with Crippen molar-refractivity contribution < 1.29 is 4.79 Å². The quantitative estimate of drug-likeness (QED) is 0.826. The summed E-state index contributed by atoms with van der Waals surface area (Å²) in [6, 6.07) is 8.35. The van der Waals surface area contributed by atoms with Crippen molar-refractivity contribution in [3.8, 4) is 0 Å². The zero-order valence-electron chi connectivity index (χ0n) is 14.7. The Hall–Kier alpha value is -2.36. The number of carbonyl (C=O) groups excluding carboxylic acids is 1. The van der Waals surface area contributed by atoms with Gasteiger partial charge in [0, 0.05) is 34.9 Å². The number of aromatic amines is 1. The van der Waals surface area contributed by atoms with Crippen LogP contribution in [0.5, 0.6) is 0 Å². The molecule has 124 valence electrons. The largest absolute Gasteiger partial charge is 0.342 e. The molecule has 4 heteroatoms. The maximum atomic E-state index is 13.1. The minimum atomic E-state index is -0.0280. The first-order chi connectivity index (χ1) is 11.4. The molecule has 0 amide bonds. The first-order valence-electron chi connectivity index (χ1n) is 8.51. The summed E-state index contributed by atoms with van der Waals surface area (Å²) < 4.78 is 0. The molecule has 24 heavy (non-hydrogen) atoms. The van der Waals surface area contributed by atoms with Crippen LogP contribution >= 0.6 is 0 Å². The summed E-state index contributed by atoms with van der Waals surface area (Å²) in [4.78, 5) is 13.1. The lowest BCUT2D eigenvalue weighted by Crippen LogP contribution is -2.34. The Morgan fingerprint density at radius 3 is 2.67 bits per heavy atom. The Balaban J connectivity index is 1.97. The highest BCUT2D eigenvalue weighted by Gasteiger charge is 2.42. The molecule has 1 aromatic carbocycles. The van der Waals surface area contributed by atoms with Gasteiger partial charge in [0.1, 0.15) is 0 Å². The third-order valence-corrected chi connectivity index (χ3v) is 5.26. The average molecular weight is 321 g/mol. The summed E-state index contributed by atoms with van der Waals surface area (Å²) in [5, 5.41) is 11.0. The highest BCUT2D eigenvalue weighted by molar-refractivity contribution is 6.01. The standard InChI is InChI=1S/C20H23N3O/c1-11-7-5-6-8-13(11)17-16-12(2)22-23-19(16)21-14-9-20(3,4)10-15(24)18(14)17/h5-8,17H,9-10H2,1-4H3,(H2,21,22,23)/t17-/m1/s1. The molecule has 0 spiro atoms. The molecule has 1 atom stereocenters. The van der Waals surface area contributed by atoms with Gasteiger partial charge < -0.3 is 5.32 Å². The summed E-state index contributed by atoms with van der Waals surface area (Å²) in [5.74, 6) is 1.10. The molecule has 1 aromatic heterocycles. The number of carbonyl (C=O) groups is 1. The second kappa shape index (κ2) is 5.07. The molecular weight excluding hydrogens is 298 g/mol. The van der Waals surface area contributed by atoms with Crippen molar-refractivity contribution in [1.82, 2.24) is 10.2 Å². The number of ketones is 1. The van der Waals surface area contributed by atoms with E-state index >= 15 is 0 Å². The van der Waals surface area contributed by atoms with E-state index < -0.39 is 0 Å². The van der Waals surface area contributed by atoms with Crippen LogP contribution in [0.3, 0.4) is 0 Å². The number of fused-ring (bicyclic) bond motifs is 1. The number of nitrogens with zero attached hydrogens (tertiary/aromatic N) is 1. The zero-order chi connectivity index (χ0) is 17.1. The number of H-pyrrole nitrogens is 1. The Labute approximate surface area is 142 Å². The molecule has 0 unspecified atom stereocenters. The summed E-state index contributed by atoms with van der Waals surface area (Å²) in [6.07, 6.45) is 1.48. The van der Waals surface area contributed by atoms with Gasteiger partial charge in [-0.15, -0.1) is 0 Å². The summed E-state index contributed by atoms with van der Waals surface area (Å²) in [6.45, 7) is 8.46. The van der Waals surface area contributed by atoms with Gasteiger partial charge in [-0.25, -0.2) is 0 Å². The SMILES string of the molecule is Cc1ccccc1[C@H]1C2=C(CC(C)(C)CC2=O)Nc2n[nH]c(C)c21. The van der Waals surface area contributed by atoms with Crippen LogP contribution in [0.25, 0.3) is 0 Å². The van der Waals surface area contributed by atoms with Crippen LogP contribution in [0.1, 0.15) is 55.0 Å². The van der Waals surface area contributed by atoms with E-state index in [1.807, 2.05) is 13.0 Å². The highest BCUT2D eigenvalue weighted by Crippen LogP contribution is 2.49. The second-order valence-corrected chi connectivity index (χ2v) is 7.86. The lowest BCUT2D eigenvalue weighted by Gasteiger charge is -2.38. The smallest absolute Gasteiger partial charge is 0.162 e. The first kappa shape index (κ1) is 15.2. The molecule has 1 aliphatic heterocycles. The van der Waals surface area contributed by atoms with E-state index in [2.05, 4.69) is 54.5 Å². The lowest BCUT2D eigenvalue weighted by molar-refractivity contribution is -0.118. The molecule has 2 heterocycles. The molecule has 2 aromatic rings. The molecule has 0 saturated heterocycles. The molecule has 0 radical (unpaired) electrons. The number of aromatic nitrogens is 2. The molecule has 1 aliphatic carbocycles. The van der Waals surface area contributed by atoms with Crippen molar-refractivity contribution in [2.45, 2.75) is 46.5 Å². The molecule has 4 rings (SSSR count). The third-order valence-electron chi connectivity index (χ3n) is 5.26. The molecule has 0 saturated carbocycles. The van der Waals surface area contributed by atoms with Gasteiger partial charge in [-0.2, -0.15) is 5.10 Å². The molecule has 4 nitrogen and oxygen atoms in total. The van der Waals surface area contributed by atoms with Crippen molar-refractivity contribution in [3.05, 3.63) is 57.9 Å². The van der Waals surface area contributed by atoms with Gasteiger partial charge in [-0.3, -0.25) is 9.89 Å². The predicted octanol–water partition coefficient (Wildman–Crippen LogP) is 4.23. The van der Waals surface area contributed by atoms with E-state index in [0.29, 0.717) is 6.42 Å². The first-order valence-corrected chi connectivity index (χ1v) is 8.51. The van der Waals surface area contributed by atoms with Crippen LogP contribution in [0.2, 0.25) is 0 Å². The maximum Gasteiger partial charge on any atom is 0.162 e. The predicted molar refractivity (Wildman–Crippen MR) is 95.0 cm³/mol. The van der Waals surface area contributed by atoms with Crippen LogP contribution in [0.15, 0.2) is 35.5 Å². The molecule has 0 fully saturated rings. The van der Waals surface area contributed by atoms with Gasteiger partial charge in [-0.05, 0) is 36.8 Å². The average Bonchev–Trinajstić information content (AvgIpc) is 2.86. The van der Waals surface area contributed by atoms with E-state index in [0.717, 1.165) is 34.8 Å². The van der Waals surface area contributed by atoms with Crippen molar-refractivity contribution in [1.29, 1.82) is 0 Å². The number of aryl methyl sites for hydroxylation is 2. The van der Waals surface area contributed by atoms with Gasteiger partial charge in [-0.1, -0.05) is 38.1 Å². The number of Topliss-reactive ketones (excluding diaryl/α,β-unsaturated/α-hetero) is 1. The van der Waals surface area contributed by atoms with Gasteiger partial charge in [0.25, 0.3) is 0 Å². The Bertz CT molecular complexity index is 873. The zero-order valence-corrected chi connectivity index (χ0v) is 14.7. The Kier molecular flexibility index (Phi) is 3.21. The second-order valence-electron chi connectivity index (χ2n) is 7.86. The Morgan fingerprint density at radius 1 is 1.17 bits per heavy atom. The fourth-order valence-corrected chi connectivity index (χ4v) is 4.18. The minimum absolute atomic E-state index is 0.0119. The topological polar surface area (TPSA) is 57.8 Å². The fourth-order valence-electron chi connectivity index (χ4n) is 4.18. The number of allylic oxidation sites excluding steroid dienone is 2. The number of benzene rings is 1. The number of hydrogen-bond donors (Lipinski definition) is 2. The van der Waals surface area contributed by atoms with Crippen LogP contribution in [0, 0.1) is 19.3 Å². The van der Waals surface area contributed by atoms with Gasteiger partial charge >= 0.3 is 0 Å².